The zero-order valence-corrected chi connectivity index (χ0v) is 15.6. The number of nitrogens with one attached hydrogen (secondary N) is 2. The lowest BCUT2D eigenvalue weighted by Gasteiger charge is -2.15. The lowest BCUT2D eigenvalue weighted by Crippen LogP contribution is -2.34. The van der Waals surface area contributed by atoms with Gasteiger partial charge in [0.25, 0.3) is 0 Å². The Kier molecular flexibility index (Phi) is 7.97. The number of pyridine rings is 1. The van der Waals surface area contributed by atoms with Crippen LogP contribution in [0.25, 0.3) is 0 Å². The van der Waals surface area contributed by atoms with Gasteiger partial charge >= 0.3 is 6.18 Å². The van der Waals surface area contributed by atoms with E-state index in [1.807, 2.05) is 0 Å². The zero-order valence-electron chi connectivity index (χ0n) is 14.1. The maximum absolute atomic E-state index is 12.8. The number of hydrogen-bond acceptors (Lipinski definition) is 5. The number of aliphatic hydroxyl groups excluding tert-OH is 1. The van der Waals surface area contributed by atoms with Gasteiger partial charge in [-0.15, -0.1) is 0 Å². The average molecular weight is 424 g/mol. The summed E-state index contributed by atoms with van der Waals surface area (Å²) in [6.07, 6.45) is -3.99. The van der Waals surface area contributed by atoms with Crippen molar-refractivity contribution in [2.24, 2.45) is 0 Å². The highest BCUT2D eigenvalue weighted by molar-refractivity contribution is 6.42. The molecule has 1 atom stereocenters. The molecule has 10 heteroatoms. The minimum Gasteiger partial charge on any atom is -0.491 e. The van der Waals surface area contributed by atoms with Crippen molar-refractivity contribution >= 4 is 29.0 Å². The molecule has 2 rings (SSSR count). The minimum absolute atomic E-state index is 0.0247. The largest absolute Gasteiger partial charge is 0.491 e. The molecule has 5 nitrogen and oxygen atoms in total. The molecule has 0 amide bonds. The van der Waals surface area contributed by atoms with Crippen molar-refractivity contribution in [2.75, 3.05) is 31.6 Å². The quantitative estimate of drug-likeness (QED) is 0.534. The molecule has 1 aromatic heterocycles. The summed E-state index contributed by atoms with van der Waals surface area (Å²) in [5.41, 5.74) is -0.819. The third kappa shape index (κ3) is 7.06. The Morgan fingerprint density at radius 2 is 1.93 bits per heavy atom. The summed E-state index contributed by atoms with van der Waals surface area (Å²) in [6.45, 7) is 0.770. The number of nitrogens with zero attached hydrogens (tertiary/aromatic N) is 1. The first-order valence-corrected chi connectivity index (χ1v) is 8.75. The van der Waals surface area contributed by atoms with Crippen LogP contribution in [0.2, 0.25) is 10.0 Å². The summed E-state index contributed by atoms with van der Waals surface area (Å²) in [6, 6.07) is 6.95. The van der Waals surface area contributed by atoms with Gasteiger partial charge in [0, 0.05) is 31.9 Å². The molecular formula is C17H18Cl2F3N3O2. The van der Waals surface area contributed by atoms with Gasteiger partial charge in [-0.05, 0) is 24.3 Å². The highest BCUT2D eigenvalue weighted by atomic mass is 35.5. The average Bonchev–Trinajstić information content (AvgIpc) is 2.62. The molecule has 27 heavy (non-hydrogen) atoms. The van der Waals surface area contributed by atoms with Gasteiger partial charge in [-0.1, -0.05) is 23.2 Å². The van der Waals surface area contributed by atoms with E-state index < -0.39 is 17.8 Å². The van der Waals surface area contributed by atoms with Crippen molar-refractivity contribution in [1.29, 1.82) is 0 Å². The van der Waals surface area contributed by atoms with E-state index in [-0.39, 0.29) is 25.5 Å². The third-order valence-corrected chi connectivity index (χ3v) is 4.16. The van der Waals surface area contributed by atoms with Crippen molar-refractivity contribution in [1.82, 2.24) is 10.3 Å². The van der Waals surface area contributed by atoms with Crippen LogP contribution < -0.4 is 15.4 Å². The van der Waals surface area contributed by atoms with Crippen LogP contribution >= 0.6 is 23.2 Å². The van der Waals surface area contributed by atoms with Crippen molar-refractivity contribution in [3.8, 4) is 5.75 Å². The van der Waals surface area contributed by atoms with Crippen LogP contribution in [0.5, 0.6) is 5.75 Å². The van der Waals surface area contributed by atoms with Gasteiger partial charge in [-0.3, -0.25) is 0 Å². The highest BCUT2D eigenvalue weighted by Crippen LogP contribution is 2.33. The Morgan fingerprint density at radius 3 is 2.63 bits per heavy atom. The van der Waals surface area contributed by atoms with Gasteiger partial charge in [0.2, 0.25) is 0 Å². The number of aliphatic hydroxyl groups is 1. The van der Waals surface area contributed by atoms with E-state index in [1.165, 1.54) is 12.3 Å². The number of anilines is 1. The van der Waals surface area contributed by atoms with E-state index in [2.05, 4.69) is 15.6 Å². The Labute approximate surface area is 164 Å². The molecule has 0 saturated heterocycles. The number of ether oxygens (including phenoxy) is 1. The van der Waals surface area contributed by atoms with Crippen LogP contribution in [0.3, 0.4) is 0 Å². The SMILES string of the molecule is OC(CNCCNc1ncccc1C(F)(F)F)COc1ccc(Cl)c(Cl)c1. The van der Waals surface area contributed by atoms with Crippen molar-refractivity contribution in [2.45, 2.75) is 12.3 Å². The normalized spacial score (nSPS) is 12.7. The van der Waals surface area contributed by atoms with Crippen LogP contribution in [-0.4, -0.2) is 42.4 Å². The predicted molar refractivity (Wildman–Crippen MR) is 98.6 cm³/mol. The van der Waals surface area contributed by atoms with Crippen LogP contribution in [0.4, 0.5) is 19.0 Å². The van der Waals surface area contributed by atoms with E-state index in [0.717, 1.165) is 6.07 Å². The Bertz CT molecular complexity index is 748. The fourth-order valence-corrected chi connectivity index (χ4v) is 2.42. The van der Waals surface area contributed by atoms with Gasteiger partial charge in [-0.25, -0.2) is 4.98 Å². The number of alkyl halides is 3. The van der Waals surface area contributed by atoms with Gasteiger partial charge in [0.05, 0.1) is 15.6 Å². The summed E-state index contributed by atoms with van der Waals surface area (Å²) in [5.74, 6) is 0.246. The highest BCUT2D eigenvalue weighted by Gasteiger charge is 2.33. The summed E-state index contributed by atoms with van der Waals surface area (Å²) in [5, 5.41) is 16.2. The summed E-state index contributed by atoms with van der Waals surface area (Å²) >= 11 is 11.7. The number of halogens is 5. The molecule has 1 unspecified atom stereocenters. The summed E-state index contributed by atoms with van der Waals surface area (Å²) in [4.78, 5) is 3.71. The number of rotatable bonds is 9. The second-order valence-electron chi connectivity index (χ2n) is 5.57. The summed E-state index contributed by atoms with van der Waals surface area (Å²) < 4.78 is 43.9. The Hall–Kier alpha value is -1.74. The first kappa shape index (κ1) is 21.6. The van der Waals surface area contributed by atoms with Gasteiger partial charge in [0.15, 0.2) is 0 Å². The molecule has 3 N–H and O–H groups in total. The molecule has 0 spiro atoms. The van der Waals surface area contributed by atoms with E-state index >= 15 is 0 Å². The van der Waals surface area contributed by atoms with E-state index in [1.54, 1.807) is 18.2 Å². The second-order valence-corrected chi connectivity index (χ2v) is 6.38. The Morgan fingerprint density at radius 1 is 1.15 bits per heavy atom. The van der Waals surface area contributed by atoms with Crippen LogP contribution in [-0.2, 0) is 6.18 Å². The van der Waals surface area contributed by atoms with Gasteiger partial charge in [0.1, 0.15) is 24.3 Å². The molecule has 2 aromatic rings. The van der Waals surface area contributed by atoms with E-state index in [9.17, 15) is 18.3 Å². The first-order valence-electron chi connectivity index (χ1n) is 8.00. The molecule has 0 bridgehead atoms. The van der Waals surface area contributed by atoms with Crippen LogP contribution in [0.1, 0.15) is 5.56 Å². The maximum atomic E-state index is 12.8. The van der Waals surface area contributed by atoms with E-state index in [4.69, 9.17) is 27.9 Å². The lowest BCUT2D eigenvalue weighted by molar-refractivity contribution is -0.137. The third-order valence-electron chi connectivity index (χ3n) is 3.42. The monoisotopic (exact) mass is 423 g/mol. The standard InChI is InChI=1S/C17H18Cl2F3N3O2/c18-14-4-3-12(8-15(14)19)27-10-11(26)9-23-6-7-25-16-13(17(20,21)22)2-1-5-24-16/h1-5,8,11,23,26H,6-7,9-10H2,(H,24,25). The smallest absolute Gasteiger partial charge is 0.419 e. The number of hydrogen-bond donors (Lipinski definition) is 3. The molecule has 0 radical (unpaired) electrons. The number of benzene rings is 1. The first-order chi connectivity index (χ1) is 12.8. The molecule has 0 saturated carbocycles. The van der Waals surface area contributed by atoms with Gasteiger partial charge in [-0.2, -0.15) is 13.2 Å². The lowest BCUT2D eigenvalue weighted by atomic mass is 10.2. The molecule has 0 fully saturated rings. The van der Waals surface area contributed by atoms with Crippen LogP contribution in [0, 0.1) is 0 Å². The fraction of sp³-hybridized carbons (Fsp3) is 0.353. The minimum atomic E-state index is -4.47. The molecule has 0 aliphatic rings. The molecular weight excluding hydrogens is 406 g/mol. The van der Waals surface area contributed by atoms with Crippen molar-refractivity contribution in [3.63, 3.8) is 0 Å². The maximum Gasteiger partial charge on any atom is 0.419 e. The van der Waals surface area contributed by atoms with Gasteiger partial charge < -0.3 is 20.5 Å². The van der Waals surface area contributed by atoms with Crippen molar-refractivity contribution in [3.05, 3.63) is 52.1 Å². The Balaban J connectivity index is 1.67. The molecule has 0 aliphatic carbocycles. The predicted octanol–water partition coefficient (Wildman–Crippen LogP) is 3.85. The number of aromatic nitrogens is 1. The zero-order chi connectivity index (χ0) is 19.9. The molecule has 0 aliphatic heterocycles. The molecule has 1 heterocycles. The fourth-order valence-electron chi connectivity index (χ4n) is 2.13. The van der Waals surface area contributed by atoms with E-state index in [0.29, 0.717) is 22.3 Å². The summed E-state index contributed by atoms with van der Waals surface area (Å²) in [7, 11) is 0. The molecule has 148 valence electrons. The topological polar surface area (TPSA) is 66.4 Å². The van der Waals surface area contributed by atoms with Crippen molar-refractivity contribution < 1.29 is 23.0 Å². The molecule has 1 aromatic carbocycles. The van der Waals surface area contributed by atoms with Crippen LogP contribution in [0.15, 0.2) is 36.5 Å². The second kappa shape index (κ2) is 9.98.